The maximum atomic E-state index is 12.9. The van der Waals surface area contributed by atoms with Crippen LogP contribution < -0.4 is 10.2 Å². The topological polar surface area (TPSA) is 61.4 Å². The molecule has 1 amide bonds. The van der Waals surface area contributed by atoms with Gasteiger partial charge >= 0.3 is 0 Å². The van der Waals surface area contributed by atoms with Crippen molar-refractivity contribution in [3.63, 3.8) is 0 Å². The van der Waals surface area contributed by atoms with E-state index in [4.69, 9.17) is 0 Å². The Kier molecular flexibility index (Phi) is 5.42. The van der Waals surface area contributed by atoms with Gasteiger partial charge in [0.25, 0.3) is 5.91 Å². The van der Waals surface area contributed by atoms with E-state index in [0.717, 1.165) is 24.3 Å². The first-order valence-electron chi connectivity index (χ1n) is 9.86. The Morgan fingerprint density at radius 2 is 1.66 bits per heavy atom. The molecule has 1 saturated heterocycles. The van der Waals surface area contributed by atoms with E-state index in [1.165, 1.54) is 11.3 Å². The van der Waals surface area contributed by atoms with Gasteiger partial charge in [-0.1, -0.05) is 24.3 Å². The largest absolute Gasteiger partial charge is 0.368 e. The molecule has 1 aromatic heterocycles. The second-order valence-electron chi connectivity index (χ2n) is 7.38. The minimum atomic E-state index is -0.0522. The van der Waals surface area contributed by atoms with E-state index in [1.54, 1.807) is 12.3 Å². The maximum Gasteiger partial charge on any atom is 0.272 e. The molecule has 1 N–H and O–H groups in total. The molecule has 0 aliphatic carbocycles. The first-order chi connectivity index (χ1) is 14.1. The summed E-state index contributed by atoms with van der Waals surface area (Å²) in [5.74, 6) is 0.378. The number of amides is 1. The van der Waals surface area contributed by atoms with Crippen molar-refractivity contribution in [1.82, 2.24) is 14.9 Å². The van der Waals surface area contributed by atoms with Gasteiger partial charge in [-0.25, -0.2) is 9.97 Å². The molecule has 3 aromatic rings. The molecule has 0 radical (unpaired) electrons. The average molecular weight is 387 g/mol. The lowest BCUT2D eigenvalue weighted by Crippen LogP contribution is -2.49. The summed E-state index contributed by atoms with van der Waals surface area (Å²) in [7, 11) is 0. The smallest absolute Gasteiger partial charge is 0.272 e. The van der Waals surface area contributed by atoms with Gasteiger partial charge in [0.15, 0.2) is 0 Å². The van der Waals surface area contributed by atoms with Crippen molar-refractivity contribution in [3.8, 4) is 0 Å². The summed E-state index contributed by atoms with van der Waals surface area (Å²) in [5.41, 5.74) is 4.92. The average Bonchev–Trinajstić information content (AvgIpc) is 2.74. The van der Waals surface area contributed by atoms with Crippen LogP contribution in [0.2, 0.25) is 0 Å². The van der Waals surface area contributed by atoms with Crippen LogP contribution in [0.3, 0.4) is 0 Å². The fourth-order valence-corrected chi connectivity index (χ4v) is 3.54. The number of piperazine rings is 1. The van der Waals surface area contributed by atoms with Gasteiger partial charge in [-0.05, 0) is 55.3 Å². The van der Waals surface area contributed by atoms with Gasteiger partial charge in [-0.3, -0.25) is 4.79 Å². The van der Waals surface area contributed by atoms with Gasteiger partial charge in [-0.15, -0.1) is 0 Å². The minimum Gasteiger partial charge on any atom is -0.368 e. The van der Waals surface area contributed by atoms with Crippen molar-refractivity contribution >= 4 is 23.2 Å². The molecule has 2 aromatic carbocycles. The summed E-state index contributed by atoms with van der Waals surface area (Å²) in [6.07, 6.45) is 1.63. The van der Waals surface area contributed by atoms with Crippen LogP contribution in [0.5, 0.6) is 0 Å². The molecule has 148 valence electrons. The quantitative estimate of drug-likeness (QED) is 0.738. The van der Waals surface area contributed by atoms with Crippen LogP contribution in [0, 0.1) is 13.8 Å². The van der Waals surface area contributed by atoms with E-state index in [2.05, 4.69) is 51.4 Å². The van der Waals surface area contributed by atoms with E-state index < -0.39 is 0 Å². The lowest BCUT2D eigenvalue weighted by molar-refractivity contribution is 0.0741. The third-order valence-electron chi connectivity index (χ3n) is 5.08. The Bertz CT molecular complexity index is 1010. The molecule has 4 rings (SSSR count). The van der Waals surface area contributed by atoms with Crippen LogP contribution in [0.15, 0.2) is 60.8 Å². The molecule has 1 aliphatic heterocycles. The van der Waals surface area contributed by atoms with E-state index in [1.807, 2.05) is 36.1 Å². The SMILES string of the molecule is Cc1cccc(Nc2nccc(C(=O)N3CCN(c4cccc(C)c4)CC3)n2)c1. The molecule has 0 saturated carbocycles. The zero-order valence-electron chi connectivity index (χ0n) is 16.8. The summed E-state index contributed by atoms with van der Waals surface area (Å²) in [6, 6.07) is 18.1. The van der Waals surface area contributed by atoms with Crippen LogP contribution in [0.25, 0.3) is 0 Å². The summed E-state index contributed by atoms with van der Waals surface area (Å²) >= 11 is 0. The highest BCUT2D eigenvalue weighted by Crippen LogP contribution is 2.19. The highest BCUT2D eigenvalue weighted by atomic mass is 16.2. The van der Waals surface area contributed by atoms with Gasteiger partial charge in [-0.2, -0.15) is 0 Å². The molecule has 0 atom stereocenters. The molecular weight excluding hydrogens is 362 g/mol. The van der Waals surface area contributed by atoms with Crippen LogP contribution in [0.4, 0.5) is 17.3 Å². The Labute approximate surface area is 171 Å². The third kappa shape index (κ3) is 4.54. The summed E-state index contributed by atoms with van der Waals surface area (Å²) in [4.78, 5) is 25.8. The number of hydrogen-bond donors (Lipinski definition) is 1. The van der Waals surface area contributed by atoms with E-state index in [9.17, 15) is 4.79 Å². The van der Waals surface area contributed by atoms with Crippen molar-refractivity contribution in [2.45, 2.75) is 13.8 Å². The standard InChI is InChI=1S/C23H25N5O/c1-17-5-3-7-19(15-17)25-23-24-10-9-21(26-23)22(29)28-13-11-27(12-14-28)20-8-4-6-18(2)16-20/h3-10,15-16H,11-14H2,1-2H3,(H,24,25,26). The number of rotatable bonds is 4. The van der Waals surface area contributed by atoms with Gasteiger partial charge < -0.3 is 15.1 Å². The number of nitrogens with one attached hydrogen (secondary N) is 1. The van der Waals surface area contributed by atoms with Crippen LogP contribution in [-0.4, -0.2) is 47.0 Å². The van der Waals surface area contributed by atoms with Crippen LogP contribution >= 0.6 is 0 Å². The van der Waals surface area contributed by atoms with Crippen LogP contribution in [-0.2, 0) is 0 Å². The molecule has 6 heteroatoms. The predicted octanol–water partition coefficient (Wildman–Crippen LogP) is 3.80. The predicted molar refractivity (Wildman–Crippen MR) is 116 cm³/mol. The first-order valence-corrected chi connectivity index (χ1v) is 9.86. The lowest BCUT2D eigenvalue weighted by Gasteiger charge is -2.36. The Morgan fingerprint density at radius 3 is 2.38 bits per heavy atom. The highest BCUT2D eigenvalue weighted by Gasteiger charge is 2.23. The van der Waals surface area contributed by atoms with Gasteiger partial charge in [0.1, 0.15) is 5.69 Å². The molecule has 0 spiro atoms. The Morgan fingerprint density at radius 1 is 0.931 bits per heavy atom. The minimum absolute atomic E-state index is 0.0522. The monoisotopic (exact) mass is 387 g/mol. The number of aryl methyl sites for hydroxylation is 2. The fraction of sp³-hybridized carbons (Fsp3) is 0.261. The van der Waals surface area contributed by atoms with E-state index >= 15 is 0 Å². The highest BCUT2D eigenvalue weighted by molar-refractivity contribution is 5.92. The summed E-state index contributed by atoms with van der Waals surface area (Å²) in [6.45, 7) is 7.11. The molecule has 1 aliphatic rings. The first kappa shape index (κ1) is 18.9. The third-order valence-corrected chi connectivity index (χ3v) is 5.08. The maximum absolute atomic E-state index is 12.9. The Balaban J connectivity index is 1.41. The van der Waals surface area contributed by atoms with Crippen molar-refractivity contribution in [3.05, 3.63) is 77.6 Å². The number of hydrogen-bond acceptors (Lipinski definition) is 5. The number of benzene rings is 2. The van der Waals surface area contributed by atoms with Crippen molar-refractivity contribution in [2.24, 2.45) is 0 Å². The second kappa shape index (κ2) is 8.31. The Hall–Kier alpha value is -3.41. The van der Waals surface area contributed by atoms with E-state index in [-0.39, 0.29) is 5.91 Å². The summed E-state index contributed by atoms with van der Waals surface area (Å²) in [5, 5.41) is 3.18. The van der Waals surface area contributed by atoms with Gasteiger partial charge in [0, 0.05) is 43.8 Å². The van der Waals surface area contributed by atoms with Gasteiger partial charge in [0.2, 0.25) is 5.95 Å². The van der Waals surface area contributed by atoms with Crippen LogP contribution in [0.1, 0.15) is 21.6 Å². The number of anilines is 3. The number of carbonyl (C=O) groups is 1. The molecule has 0 bridgehead atoms. The number of aromatic nitrogens is 2. The second-order valence-corrected chi connectivity index (χ2v) is 7.38. The molecule has 1 fully saturated rings. The zero-order valence-corrected chi connectivity index (χ0v) is 16.8. The fourth-order valence-electron chi connectivity index (χ4n) is 3.54. The van der Waals surface area contributed by atoms with Crippen molar-refractivity contribution in [1.29, 1.82) is 0 Å². The van der Waals surface area contributed by atoms with E-state index in [0.29, 0.717) is 24.7 Å². The molecule has 2 heterocycles. The molecule has 29 heavy (non-hydrogen) atoms. The molecular formula is C23H25N5O. The molecule has 0 unspecified atom stereocenters. The van der Waals surface area contributed by atoms with Crippen molar-refractivity contribution in [2.75, 3.05) is 36.4 Å². The van der Waals surface area contributed by atoms with Gasteiger partial charge in [0.05, 0.1) is 0 Å². The summed E-state index contributed by atoms with van der Waals surface area (Å²) < 4.78 is 0. The zero-order chi connectivity index (χ0) is 20.2. The number of carbonyl (C=O) groups excluding carboxylic acids is 1. The normalized spacial score (nSPS) is 14.0. The van der Waals surface area contributed by atoms with Crippen molar-refractivity contribution < 1.29 is 4.79 Å². The molecule has 6 nitrogen and oxygen atoms in total. The number of nitrogens with zero attached hydrogens (tertiary/aromatic N) is 4. The lowest BCUT2D eigenvalue weighted by atomic mass is 10.2.